The van der Waals surface area contributed by atoms with E-state index in [1.807, 2.05) is 16.9 Å². The van der Waals surface area contributed by atoms with Crippen LogP contribution in [0.15, 0.2) is 30.5 Å². The van der Waals surface area contributed by atoms with Gasteiger partial charge in [-0.15, -0.1) is 0 Å². The van der Waals surface area contributed by atoms with Crippen molar-refractivity contribution in [1.82, 2.24) is 9.78 Å². The van der Waals surface area contributed by atoms with Crippen molar-refractivity contribution in [2.45, 2.75) is 26.5 Å². The van der Waals surface area contributed by atoms with Gasteiger partial charge in [-0.1, -0.05) is 11.6 Å². The second-order valence-electron chi connectivity index (χ2n) is 4.35. The molecule has 2 N–H and O–H groups in total. The third-order valence-corrected chi connectivity index (χ3v) is 2.88. The molecule has 0 saturated carbocycles. The number of anilines is 1. The van der Waals surface area contributed by atoms with Gasteiger partial charge in [-0.25, -0.2) is 0 Å². The summed E-state index contributed by atoms with van der Waals surface area (Å²) >= 11 is 5.92. The molecule has 1 aromatic heterocycles. The average Bonchev–Trinajstić information content (AvgIpc) is 2.79. The fourth-order valence-corrected chi connectivity index (χ4v) is 1.67. The summed E-state index contributed by atoms with van der Waals surface area (Å²) in [6.07, 6.45) is 1.94. The summed E-state index contributed by atoms with van der Waals surface area (Å²) in [6, 6.07) is 7.52. The number of hydrogen-bond acceptors (Lipinski definition) is 3. The molecular formula is C13H16ClN3O. The molecule has 0 spiro atoms. The number of nitrogens with two attached hydrogens (primary N) is 1. The van der Waals surface area contributed by atoms with Crippen LogP contribution >= 0.6 is 11.6 Å². The van der Waals surface area contributed by atoms with Crippen molar-refractivity contribution in [2.24, 2.45) is 0 Å². The SMILES string of the molecule is CC(C)n1ccc(COc2ccc(N)c(Cl)c2)n1. The summed E-state index contributed by atoms with van der Waals surface area (Å²) in [5.41, 5.74) is 7.06. The van der Waals surface area contributed by atoms with Crippen molar-refractivity contribution in [3.8, 4) is 5.75 Å². The number of rotatable bonds is 4. The summed E-state index contributed by atoms with van der Waals surface area (Å²) in [5.74, 6) is 0.688. The third-order valence-electron chi connectivity index (χ3n) is 2.55. The Hall–Kier alpha value is -1.68. The van der Waals surface area contributed by atoms with Crippen LogP contribution in [-0.2, 0) is 6.61 Å². The summed E-state index contributed by atoms with van der Waals surface area (Å²) < 4.78 is 7.50. The van der Waals surface area contributed by atoms with Gasteiger partial charge in [-0.2, -0.15) is 5.10 Å². The molecule has 0 atom stereocenters. The van der Waals surface area contributed by atoms with Crippen molar-refractivity contribution in [2.75, 3.05) is 5.73 Å². The van der Waals surface area contributed by atoms with Crippen LogP contribution in [0.2, 0.25) is 5.02 Å². The van der Waals surface area contributed by atoms with Gasteiger partial charge in [0, 0.05) is 18.3 Å². The molecule has 0 amide bonds. The van der Waals surface area contributed by atoms with E-state index in [1.54, 1.807) is 18.2 Å². The van der Waals surface area contributed by atoms with Gasteiger partial charge in [0.1, 0.15) is 12.4 Å². The van der Waals surface area contributed by atoms with Gasteiger partial charge in [-0.05, 0) is 32.0 Å². The maximum Gasteiger partial charge on any atom is 0.132 e. The summed E-state index contributed by atoms with van der Waals surface area (Å²) in [5, 5.41) is 4.90. The lowest BCUT2D eigenvalue weighted by Gasteiger charge is -2.06. The fraction of sp³-hybridized carbons (Fsp3) is 0.308. The number of nitrogens with zero attached hydrogens (tertiary/aromatic N) is 2. The van der Waals surface area contributed by atoms with E-state index in [9.17, 15) is 0 Å². The second-order valence-corrected chi connectivity index (χ2v) is 4.76. The summed E-state index contributed by atoms with van der Waals surface area (Å²) in [7, 11) is 0. The molecule has 2 rings (SSSR count). The van der Waals surface area contributed by atoms with Crippen molar-refractivity contribution < 1.29 is 4.74 Å². The van der Waals surface area contributed by atoms with E-state index in [4.69, 9.17) is 22.1 Å². The number of benzene rings is 1. The highest BCUT2D eigenvalue weighted by molar-refractivity contribution is 6.33. The van der Waals surface area contributed by atoms with Crippen molar-refractivity contribution in [3.05, 3.63) is 41.2 Å². The third kappa shape index (κ3) is 2.96. The Morgan fingerprint density at radius 3 is 2.78 bits per heavy atom. The van der Waals surface area contributed by atoms with Gasteiger partial charge < -0.3 is 10.5 Å². The minimum absolute atomic E-state index is 0.352. The molecule has 5 heteroatoms. The van der Waals surface area contributed by atoms with Gasteiger partial charge >= 0.3 is 0 Å². The Kier molecular flexibility index (Phi) is 3.77. The first-order valence-electron chi connectivity index (χ1n) is 5.78. The largest absolute Gasteiger partial charge is 0.487 e. The smallest absolute Gasteiger partial charge is 0.132 e. The van der Waals surface area contributed by atoms with Crippen LogP contribution < -0.4 is 10.5 Å². The second kappa shape index (κ2) is 5.31. The fourth-order valence-electron chi connectivity index (χ4n) is 1.50. The average molecular weight is 266 g/mol. The predicted molar refractivity (Wildman–Crippen MR) is 72.8 cm³/mol. The van der Waals surface area contributed by atoms with Gasteiger partial charge in [0.2, 0.25) is 0 Å². The lowest BCUT2D eigenvalue weighted by Crippen LogP contribution is -2.03. The number of hydrogen-bond donors (Lipinski definition) is 1. The van der Waals surface area contributed by atoms with Crippen molar-refractivity contribution >= 4 is 17.3 Å². The van der Waals surface area contributed by atoms with E-state index in [2.05, 4.69) is 18.9 Å². The van der Waals surface area contributed by atoms with Crippen LogP contribution in [0.1, 0.15) is 25.6 Å². The highest BCUT2D eigenvalue weighted by Crippen LogP contribution is 2.24. The lowest BCUT2D eigenvalue weighted by atomic mass is 10.3. The van der Waals surface area contributed by atoms with E-state index in [1.165, 1.54) is 0 Å². The molecule has 0 aliphatic heterocycles. The first-order valence-corrected chi connectivity index (χ1v) is 6.16. The Labute approximate surface area is 111 Å². The number of halogens is 1. The maximum atomic E-state index is 5.92. The molecule has 0 radical (unpaired) electrons. The number of ether oxygens (including phenoxy) is 1. The molecule has 0 bridgehead atoms. The predicted octanol–water partition coefficient (Wildman–Crippen LogP) is 3.28. The Bertz CT molecular complexity index is 537. The Balaban J connectivity index is 2.00. The monoisotopic (exact) mass is 265 g/mol. The van der Waals surface area contributed by atoms with Crippen LogP contribution in [0.3, 0.4) is 0 Å². The van der Waals surface area contributed by atoms with E-state index in [0.29, 0.717) is 29.1 Å². The highest BCUT2D eigenvalue weighted by Gasteiger charge is 2.04. The molecule has 1 heterocycles. The molecule has 1 aromatic carbocycles. The van der Waals surface area contributed by atoms with E-state index in [-0.39, 0.29) is 0 Å². The molecule has 0 aliphatic rings. The van der Waals surface area contributed by atoms with Gasteiger partial charge in [0.05, 0.1) is 16.4 Å². The number of nitrogen functional groups attached to an aromatic ring is 1. The quantitative estimate of drug-likeness (QED) is 0.863. The molecule has 0 fully saturated rings. The zero-order valence-corrected chi connectivity index (χ0v) is 11.2. The van der Waals surface area contributed by atoms with Gasteiger partial charge in [0.25, 0.3) is 0 Å². The van der Waals surface area contributed by atoms with E-state index in [0.717, 1.165) is 5.69 Å². The molecule has 0 aliphatic carbocycles. The zero-order valence-electron chi connectivity index (χ0n) is 10.4. The Morgan fingerprint density at radius 2 is 2.17 bits per heavy atom. The molecule has 18 heavy (non-hydrogen) atoms. The molecular weight excluding hydrogens is 250 g/mol. The van der Waals surface area contributed by atoms with Crippen LogP contribution in [-0.4, -0.2) is 9.78 Å². The molecule has 96 valence electrons. The topological polar surface area (TPSA) is 53.1 Å². The highest BCUT2D eigenvalue weighted by atomic mass is 35.5. The van der Waals surface area contributed by atoms with E-state index < -0.39 is 0 Å². The molecule has 0 unspecified atom stereocenters. The molecule has 2 aromatic rings. The summed E-state index contributed by atoms with van der Waals surface area (Å²) in [6.45, 7) is 4.58. The molecule has 0 saturated heterocycles. The minimum atomic E-state index is 0.352. The minimum Gasteiger partial charge on any atom is -0.487 e. The Morgan fingerprint density at radius 1 is 1.39 bits per heavy atom. The van der Waals surface area contributed by atoms with E-state index >= 15 is 0 Å². The zero-order chi connectivity index (χ0) is 13.1. The normalized spacial score (nSPS) is 10.9. The first-order chi connectivity index (χ1) is 8.56. The van der Waals surface area contributed by atoms with Gasteiger partial charge in [-0.3, -0.25) is 4.68 Å². The number of aromatic nitrogens is 2. The van der Waals surface area contributed by atoms with Crippen LogP contribution in [0, 0.1) is 0 Å². The van der Waals surface area contributed by atoms with Crippen molar-refractivity contribution in [3.63, 3.8) is 0 Å². The summed E-state index contributed by atoms with van der Waals surface area (Å²) in [4.78, 5) is 0. The van der Waals surface area contributed by atoms with Crippen LogP contribution in [0.25, 0.3) is 0 Å². The van der Waals surface area contributed by atoms with Crippen LogP contribution in [0.4, 0.5) is 5.69 Å². The molecule has 4 nitrogen and oxygen atoms in total. The van der Waals surface area contributed by atoms with Crippen LogP contribution in [0.5, 0.6) is 5.75 Å². The first kappa shape index (κ1) is 12.8. The van der Waals surface area contributed by atoms with Crippen molar-refractivity contribution in [1.29, 1.82) is 0 Å². The standard InChI is InChI=1S/C13H16ClN3O/c1-9(2)17-6-5-10(16-17)8-18-11-3-4-13(15)12(14)7-11/h3-7,9H,8,15H2,1-2H3. The van der Waals surface area contributed by atoms with Gasteiger partial charge in [0.15, 0.2) is 0 Å². The maximum absolute atomic E-state index is 5.92. The lowest BCUT2D eigenvalue weighted by molar-refractivity contribution is 0.299.